The van der Waals surface area contributed by atoms with Crippen molar-refractivity contribution in [3.8, 4) is 0 Å². The van der Waals surface area contributed by atoms with Crippen molar-refractivity contribution >= 4 is 17.8 Å². The monoisotopic (exact) mass is 325 g/mol. The molecule has 2 rings (SSSR count). The Hall–Kier alpha value is -1.63. The van der Waals surface area contributed by atoms with E-state index in [0.29, 0.717) is 26.1 Å². The summed E-state index contributed by atoms with van der Waals surface area (Å²) >= 11 is 0. The van der Waals surface area contributed by atoms with Gasteiger partial charge in [0.05, 0.1) is 17.6 Å². The van der Waals surface area contributed by atoms with E-state index < -0.39 is 17.0 Å². The smallest absolute Gasteiger partial charge is 0.314 e. The van der Waals surface area contributed by atoms with Crippen LogP contribution in [0, 0.1) is 11.3 Å². The van der Waals surface area contributed by atoms with Crippen molar-refractivity contribution in [3.05, 3.63) is 0 Å². The average Bonchev–Trinajstić information content (AvgIpc) is 2.77. The molecule has 2 aliphatic heterocycles. The molecule has 2 saturated heterocycles. The largest absolute Gasteiger partial charge is 0.465 e. The van der Waals surface area contributed by atoms with Gasteiger partial charge in [-0.1, -0.05) is 6.92 Å². The number of cyclic esters (lactones) is 1. The lowest BCUT2D eigenvalue weighted by atomic mass is 9.74. The summed E-state index contributed by atoms with van der Waals surface area (Å²) in [6.45, 7) is 8.25. The minimum Gasteiger partial charge on any atom is -0.465 e. The number of fused-ring (bicyclic) bond motifs is 1. The van der Waals surface area contributed by atoms with E-state index in [4.69, 9.17) is 10.5 Å². The summed E-state index contributed by atoms with van der Waals surface area (Å²) in [6.07, 6.45) is 1.21. The van der Waals surface area contributed by atoms with Crippen LogP contribution in [0.4, 0.5) is 0 Å². The Balaban J connectivity index is 2.07. The summed E-state index contributed by atoms with van der Waals surface area (Å²) < 4.78 is 5.16. The summed E-state index contributed by atoms with van der Waals surface area (Å²) in [5.41, 5.74) is 4.10. The lowest BCUT2D eigenvalue weighted by molar-refractivity contribution is -0.150. The standard InChI is InChI=1S/C16H27N3O4/c1-5-11(18-13(21)15(2,3)17)12(20)19-7-6-10-8-23-14(22)16(10,4)9-19/h10-11H,5-9,17H2,1-4H3,(H,18,21). The van der Waals surface area contributed by atoms with E-state index in [1.807, 2.05) is 13.8 Å². The van der Waals surface area contributed by atoms with Gasteiger partial charge < -0.3 is 20.7 Å². The van der Waals surface area contributed by atoms with Gasteiger partial charge in [0.25, 0.3) is 0 Å². The number of rotatable bonds is 4. The van der Waals surface area contributed by atoms with Crippen molar-refractivity contribution in [1.82, 2.24) is 10.2 Å². The number of carbonyl (C=O) groups is 3. The molecule has 3 atom stereocenters. The number of hydrogen-bond donors (Lipinski definition) is 2. The van der Waals surface area contributed by atoms with E-state index in [-0.39, 0.29) is 23.7 Å². The second-order valence-electron chi connectivity index (χ2n) is 7.42. The molecule has 0 saturated carbocycles. The molecule has 7 nitrogen and oxygen atoms in total. The molecule has 2 heterocycles. The Morgan fingerprint density at radius 1 is 1.52 bits per heavy atom. The highest BCUT2D eigenvalue weighted by molar-refractivity contribution is 5.92. The first kappa shape index (κ1) is 17.7. The van der Waals surface area contributed by atoms with Gasteiger partial charge in [-0.15, -0.1) is 0 Å². The molecule has 0 bridgehead atoms. The fourth-order valence-corrected chi connectivity index (χ4v) is 3.17. The van der Waals surface area contributed by atoms with Crippen LogP contribution in [0.5, 0.6) is 0 Å². The summed E-state index contributed by atoms with van der Waals surface area (Å²) in [4.78, 5) is 38.5. The molecule has 0 aromatic heterocycles. The van der Waals surface area contributed by atoms with Gasteiger partial charge in [-0.25, -0.2) is 0 Å². The van der Waals surface area contributed by atoms with E-state index in [1.165, 1.54) is 0 Å². The first-order chi connectivity index (χ1) is 10.6. The van der Waals surface area contributed by atoms with Crippen LogP contribution >= 0.6 is 0 Å². The molecule has 130 valence electrons. The predicted octanol–water partition coefficient (Wildman–Crippen LogP) is 0.0301. The highest BCUT2D eigenvalue weighted by Crippen LogP contribution is 2.41. The first-order valence-corrected chi connectivity index (χ1v) is 8.15. The zero-order valence-electron chi connectivity index (χ0n) is 14.3. The number of nitrogens with one attached hydrogen (secondary N) is 1. The third-order valence-electron chi connectivity index (χ3n) is 4.96. The van der Waals surface area contributed by atoms with Crippen LogP contribution in [0.3, 0.4) is 0 Å². The molecule has 2 fully saturated rings. The number of nitrogens with zero attached hydrogens (tertiary/aromatic N) is 1. The first-order valence-electron chi connectivity index (χ1n) is 8.15. The Labute approximate surface area is 136 Å². The van der Waals surface area contributed by atoms with E-state index in [9.17, 15) is 14.4 Å². The molecule has 0 spiro atoms. The van der Waals surface area contributed by atoms with Gasteiger partial charge in [-0.05, 0) is 33.6 Å². The van der Waals surface area contributed by atoms with Gasteiger partial charge >= 0.3 is 5.97 Å². The van der Waals surface area contributed by atoms with Gasteiger partial charge in [0.15, 0.2) is 0 Å². The number of likely N-dealkylation sites (tertiary alicyclic amines) is 1. The molecule has 0 radical (unpaired) electrons. The number of hydrogen-bond acceptors (Lipinski definition) is 5. The average molecular weight is 325 g/mol. The second-order valence-corrected chi connectivity index (χ2v) is 7.42. The quantitative estimate of drug-likeness (QED) is 0.710. The molecule has 0 aromatic carbocycles. The molecule has 3 N–H and O–H groups in total. The molecule has 3 unspecified atom stereocenters. The van der Waals surface area contributed by atoms with Crippen molar-refractivity contribution in [2.45, 2.75) is 52.1 Å². The Bertz CT molecular complexity index is 514. The SMILES string of the molecule is CCC(NC(=O)C(C)(C)N)C(=O)N1CCC2COC(=O)C2(C)C1. The van der Waals surface area contributed by atoms with Gasteiger partial charge in [-0.2, -0.15) is 0 Å². The molecular weight excluding hydrogens is 298 g/mol. The minimum atomic E-state index is -1.04. The third kappa shape index (κ3) is 3.34. The summed E-state index contributed by atoms with van der Waals surface area (Å²) in [7, 11) is 0. The Morgan fingerprint density at radius 2 is 2.17 bits per heavy atom. The van der Waals surface area contributed by atoms with E-state index in [2.05, 4.69) is 5.32 Å². The van der Waals surface area contributed by atoms with Crippen LogP contribution in [0.1, 0.15) is 40.5 Å². The molecule has 7 heteroatoms. The van der Waals surface area contributed by atoms with Crippen LogP contribution in [0.2, 0.25) is 0 Å². The fraction of sp³-hybridized carbons (Fsp3) is 0.812. The minimum absolute atomic E-state index is 0.163. The van der Waals surface area contributed by atoms with Gasteiger partial charge in [-0.3, -0.25) is 14.4 Å². The number of nitrogens with two attached hydrogens (primary N) is 1. The summed E-state index contributed by atoms with van der Waals surface area (Å²) in [5.74, 6) is -0.597. The van der Waals surface area contributed by atoms with Crippen LogP contribution in [-0.2, 0) is 19.1 Å². The molecular formula is C16H27N3O4. The van der Waals surface area contributed by atoms with Gasteiger partial charge in [0.2, 0.25) is 11.8 Å². The van der Waals surface area contributed by atoms with Crippen LogP contribution < -0.4 is 11.1 Å². The molecule has 23 heavy (non-hydrogen) atoms. The van der Waals surface area contributed by atoms with Gasteiger partial charge in [0, 0.05) is 19.0 Å². The van der Waals surface area contributed by atoms with Crippen LogP contribution in [0.15, 0.2) is 0 Å². The second kappa shape index (κ2) is 6.11. The zero-order valence-corrected chi connectivity index (χ0v) is 14.3. The van der Waals surface area contributed by atoms with Crippen molar-refractivity contribution in [2.75, 3.05) is 19.7 Å². The maximum atomic E-state index is 12.7. The Kier molecular flexibility index (Phi) is 4.71. The topological polar surface area (TPSA) is 102 Å². The van der Waals surface area contributed by atoms with Crippen molar-refractivity contribution in [1.29, 1.82) is 0 Å². The van der Waals surface area contributed by atoms with Crippen LogP contribution in [0.25, 0.3) is 0 Å². The third-order valence-corrected chi connectivity index (χ3v) is 4.96. The summed E-state index contributed by atoms with van der Waals surface area (Å²) in [6, 6.07) is -0.622. The maximum Gasteiger partial charge on any atom is 0.314 e. The van der Waals surface area contributed by atoms with Crippen LogP contribution in [-0.4, -0.2) is 54.0 Å². The molecule has 0 aromatic rings. The zero-order chi connectivity index (χ0) is 17.4. The van der Waals surface area contributed by atoms with E-state index >= 15 is 0 Å². The van der Waals surface area contributed by atoms with Crippen molar-refractivity contribution in [2.24, 2.45) is 17.1 Å². The van der Waals surface area contributed by atoms with E-state index in [0.717, 1.165) is 6.42 Å². The fourth-order valence-electron chi connectivity index (χ4n) is 3.17. The van der Waals surface area contributed by atoms with Crippen molar-refractivity contribution in [3.63, 3.8) is 0 Å². The van der Waals surface area contributed by atoms with Gasteiger partial charge in [0.1, 0.15) is 6.04 Å². The highest BCUT2D eigenvalue weighted by atomic mass is 16.5. The number of ether oxygens (including phenoxy) is 1. The van der Waals surface area contributed by atoms with Crippen molar-refractivity contribution < 1.29 is 19.1 Å². The highest BCUT2D eigenvalue weighted by Gasteiger charge is 2.52. The number of amides is 2. The number of esters is 1. The maximum absolute atomic E-state index is 12.7. The molecule has 2 amide bonds. The summed E-state index contributed by atoms with van der Waals surface area (Å²) in [5, 5.41) is 2.72. The lowest BCUT2D eigenvalue weighted by Crippen LogP contribution is -2.59. The Morgan fingerprint density at radius 3 is 2.74 bits per heavy atom. The molecule has 0 aliphatic carbocycles. The number of carbonyl (C=O) groups excluding carboxylic acids is 3. The number of piperidine rings is 1. The normalized spacial score (nSPS) is 28.8. The predicted molar refractivity (Wildman–Crippen MR) is 84.2 cm³/mol. The lowest BCUT2D eigenvalue weighted by Gasteiger charge is -2.40. The molecule has 2 aliphatic rings. The van der Waals surface area contributed by atoms with E-state index in [1.54, 1.807) is 18.7 Å².